The number of benzene rings is 1. The fourth-order valence-electron chi connectivity index (χ4n) is 2.12. The number of hydrogen-bond acceptors (Lipinski definition) is 4. The molecule has 3 N–H and O–H groups in total. The highest BCUT2D eigenvalue weighted by molar-refractivity contribution is 5.84. The smallest absolute Gasteiger partial charge is 0.129 e. The fourth-order valence-corrected chi connectivity index (χ4v) is 2.12. The lowest BCUT2D eigenvalue weighted by atomic mass is 10.1. The number of aromatic nitrogens is 1. The van der Waals surface area contributed by atoms with E-state index in [1.54, 1.807) is 0 Å². The van der Waals surface area contributed by atoms with Gasteiger partial charge in [0.25, 0.3) is 0 Å². The van der Waals surface area contributed by atoms with Crippen molar-refractivity contribution in [2.75, 3.05) is 24.6 Å². The number of hydrogen-bond donors (Lipinski definition) is 2. The first-order valence-corrected chi connectivity index (χ1v) is 6.24. The van der Waals surface area contributed by atoms with E-state index in [1.807, 2.05) is 35.2 Å². The maximum atomic E-state index is 9.07. The van der Waals surface area contributed by atoms with E-state index < -0.39 is 0 Å². The topological polar surface area (TPSA) is 62.4 Å². The number of anilines is 1. The van der Waals surface area contributed by atoms with Crippen molar-refractivity contribution in [2.45, 2.75) is 13.5 Å². The van der Waals surface area contributed by atoms with Gasteiger partial charge in [0.2, 0.25) is 0 Å². The van der Waals surface area contributed by atoms with Crippen LogP contribution in [0.15, 0.2) is 30.3 Å². The minimum Gasteiger partial charge on any atom is -0.395 e. The van der Waals surface area contributed by atoms with Gasteiger partial charge in [-0.25, -0.2) is 4.98 Å². The Morgan fingerprint density at radius 2 is 2.11 bits per heavy atom. The molecule has 0 unspecified atom stereocenters. The molecule has 0 aliphatic rings. The zero-order valence-corrected chi connectivity index (χ0v) is 10.6. The lowest BCUT2D eigenvalue weighted by Crippen LogP contribution is -2.27. The Labute approximate surface area is 107 Å². The number of para-hydroxylation sites is 1. The molecular weight excluding hydrogens is 226 g/mol. The monoisotopic (exact) mass is 245 g/mol. The number of nitrogens with zero attached hydrogens (tertiary/aromatic N) is 2. The van der Waals surface area contributed by atoms with Crippen LogP contribution in [0.5, 0.6) is 0 Å². The van der Waals surface area contributed by atoms with Crippen molar-refractivity contribution in [1.29, 1.82) is 0 Å². The number of aliphatic hydroxyl groups is 1. The lowest BCUT2D eigenvalue weighted by Gasteiger charge is -2.22. The fraction of sp³-hybridized carbons (Fsp3) is 0.357. The van der Waals surface area contributed by atoms with E-state index in [2.05, 4.69) is 11.9 Å². The van der Waals surface area contributed by atoms with Crippen LogP contribution in [0, 0.1) is 0 Å². The highest BCUT2D eigenvalue weighted by Gasteiger charge is 2.09. The van der Waals surface area contributed by atoms with Crippen molar-refractivity contribution in [2.24, 2.45) is 5.73 Å². The van der Waals surface area contributed by atoms with Crippen LogP contribution >= 0.6 is 0 Å². The second-order valence-corrected chi connectivity index (χ2v) is 4.16. The molecule has 4 heteroatoms. The van der Waals surface area contributed by atoms with Gasteiger partial charge >= 0.3 is 0 Å². The molecule has 1 aromatic heterocycles. The number of fused-ring (bicyclic) bond motifs is 1. The number of likely N-dealkylation sites (N-methyl/N-ethyl adjacent to an activating group) is 1. The van der Waals surface area contributed by atoms with E-state index in [9.17, 15) is 0 Å². The van der Waals surface area contributed by atoms with E-state index in [4.69, 9.17) is 10.8 Å². The van der Waals surface area contributed by atoms with Crippen LogP contribution in [-0.4, -0.2) is 29.8 Å². The second kappa shape index (κ2) is 5.80. The van der Waals surface area contributed by atoms with Crippen molar-refractivity contribution >= 4 is 16.7 Å². The molecule has 0 atom stereocenters. The molecule has 0 saturated heterocycles. The highest BCUT2D eigenvalue weighted by Crippen LogP contribution is 2.22. The molecule has 0 saturated carbocycles. The Balaban J connectivity index is 2.52. The Kier molecular flexibility index (Phi) is 4.12. The minimum absolute atomic E-state index is 0.125. The third kappa shape index (κ3) is 2.44. The van der Waals surface area contributed by atoms with E-state index in [1.165, 1.54) is 0 Å². The molecule has 0 radical (unpaired) electrons. The molecule has 1 heterocycles. The van der Waals surface area contributed by atoms with Crippen LogP contribution in [0.4, 0.5) is 5.82 Å². The standard InChI is InChI=1S/C14H19N3O/c1-2-17(7-8-18)14-9-11(10-15)12-5-3-4-6-13(12)16-14/h3-6,9,18H,2,7-8,10,15H2,1H3. The van der Waals surface area contributed by atoms with Crippen LogP contribution in [0.1, 0.15) is 12.5 Å². The molecule has 0 bridgehead atoms. The van der Waals surface area contributed by atoms with Gasteiger partial charge in [-0.3, -0.25) is 0 Å². The van der Waals surface area contributed by atoms with Crippen molar-refractivity contribution in [3.8, 4) is 0 Å². The number of aliphatic hydroxyl groups excluding tert-OH is 1. The first-order chi connectivity index (χ1) is 8.80. The summed E-state index contributed by atoms with van der Waals surface area (Å²) in [5, 5.41) is 10.2. The molecule has 0 aliphatic heterocycles. The third-order valence-corrected chi connectivity index (χ3v) is 3.08. The minimum atomic E-state index is 0.125. The number of rotatable bonds is 5. The van der Waals surface area contributed by atoms with Gasteiger partial charge in [0.1, 0.15) is 5.82 Å². The van der Waals surface area contributed by atoms with Gasteiger partial charge in [-0.05, 0) is 24.6 Å². The molecule has 0 amide bonds. The first kappa shape index (κ1) is 12.8. The van der Waals surface area contributed by atoms with Crippen LogP contribution in [0.25, 0.3) is 10.9 Å². The molecule has 18 heavy (non-hydrogen) atoms. The maximum absolute atomic E-state index is 9.07. The maximum Gasteiger partial charge on any atom is 0.129 e. The average molecular weight is 245 g/mol. The Morgan fingerprint density at radius 3 is 2.78 bits per heavy atom. The van der Waals surface area contributed by atoms with Gasteiger partial charge in [0.15, 0.2) is 0 Å². The quantitative estimate of drug-likeness (QED) is 0.838. The average Bonchev–Trinajstić information content (AvgIpc) is 2.43. The second-order valence-electron chi connectivity index (χ2n) is 4.16. The molecule has 1 aromatic carbocycles. The molecular formula is C14H19N3O. The van der Waals surface area contributed by atoms with E-state index in [-0.39, 0.29) is 6.61 Å². The van der Waals surface area contributed by atoms with Crippen LogP contribution in [-0.2, 0) is 6.54 Å². The van der Waals surface area contributed by atoms with E-state index >= 15 is 0 Å². The summed E-state index contributed by atoms with van der Waals surface area (Å²) in [5.41, 5.74) is 7.85. The van der Waals surface area contributed by atoms with Crippen LogP contribution in [0.3, 0.4) is 0 Å². The summed E-state index contributed by atoms with van der Waals surface area (Å²) in [7, 11) is 0. The zero-order valence-electron chi connectivity index (χ0n) is 10.6. The molecule has 96 valence electrons. The SMILES string of the molecule is CCN(CCO)c1cc(CN)c2ccccc2n1. The molecule has 2 rings (SSSR count). The van der Waals surface area contributed by atoms with Crippen molar-refractivity contribution in [3.63, 3.8) is 0 Å². The normalized spacial score (nSPS) is 10.8. The van der Waals surface area contributed by atoms with Gasteiger partial charge in [0, 0.05) is 25.0 Å². The van der Waals surface area contributed by atoms with Gasteiger partial charge in [0.05, 0.1) is 12.1 Å². The molecule has 4 nitrogen and oxygen atoms in total. The number of nitrogens with two attached hydrogens (primary N) is 1. The van der Waals surface area contributed by atoms with Crippen molar-refractivity contribution < 1.29 is 5.11 Å². The molecule has 0 fully saturated rings. The largest absolute Gasteiger partial charge is 0.395 e. The predicted molar refractivity (Wildman–Crippen MR) is 74.6 cm³/mol. The van der Waals surface area contributed by atoms with Gasteiger partial charge in [-0.2, -0.15) is 0 Å². The van der Waals surface area contributed by atoms with Gasteiger partial charge in [-0.1, -0.05) is 18.2 Å². The van der Waals surface area contributed by atoms with Crippen molar-refractivity contribution in [3.05, 3.63) is 35.9 Å². The van der Waals surface area contributed by atoms with Gasteiger partial charge < -0.3 is 15.7 Å². The summed E-state index contributed by atoms with van der Waals surface area (Å²) in [6, 6.07) is 10.0. The Morgan fingerprint density at radius 1 is 1.33 bits per heavy atom. The first-order valence-electron chi connectivity index (χ1n) is 6.24. The third-order valence-electron chi connectivity index (χ3n) is 3.08. The van der Waals surface area contributed by atoms with E-state index in [0.29, 0.717) is 13.1 Å². The van der Waals surface area contributed by atoms with Crippen LogP contribution in [0.2, 0.25) is 0 Å². The molecule has 0 aliphatic carbocycles. The lowest BCUT2D eigenvalue weighted by molar-refractivity contribution is 0.302. The summed E-state index contributed by atoms with van der Waals surface area (Å²) >= 11 is 0. The summed E-state index contributed by atoms with van der Waals surface area (Å²) in [5.74, 6) is 0.880. The number of pyridine rings is 1. The zero-order chi connectivity index (χ0) is 13.0. The summed E-state index contributed by atoms with van der Waals surface area (Å²) < 4.78 is 0. The Hall–Kier alpha value is -1.65. The van der Waals surface area contributed by atoms with Crippen LogP contribution < -0.4 is 10.6 Å². The van der Waals surface area contributed by atoms with Crippen molar-refractivity contribution in [1.82, 2.24) is 4.98 Å². The van der Waals surface area contributed by atoms with Gasteiger partial charge in [-0.15, -0.1) is 0 Å². The summed E-state index contributed by atoms with van der Waals surface area (Å²) in [4.78, 5) is 6.68. The summed E-state index contributed by atoms with van der Waals surface area (Å²) in [6.45, 7) is 4.07. The summed E-state index contributed by atoms with van der Waals surface area (Å²) in [6.07, 6.45) is 0. The van der Waals surface area contributed by atoms with E-state index in [0.717, 1.165) is 28.8 Å². The molecule has 2 aromatic rings. The Bertz CT molecular complexity index is 527. The highest BCUT2D eigenvalue weighted by atomic mass is 16.3. The molecule has 0 spiro atoms. The predicted octanol–water partition coefficient (Wildman–Crippen LogP) is 1.51.